The monoisotopic (exact) mass is 468 g/mol. The van der Waals surface area contributed by atoms with Gasteiger partial charge >= 0.3 is 18.1 Å². The van der Waals surface area contributed by atoms with E-state index in [0.717, 1.165) is 5.01 Å². The second-order valence-corrected chi connectivity index (χ2v) is 8.59. The van der Waals surface area contributed by atoms with Crippen LogP contribution in [0.4, 0.5) is 21.0 Å². The molecule has 0 aliphatic heterocycles. The molecule has 0 unspecified atom stereocenters. The highest BCUT2D eigenvalue weighted by atomic mass is 16.6. The maximum atomic E-state index is 13.4. The summed E-state index contributed by atoms with van der Waals surface area (Å²) in [6, 6.07) is 16.4. The molecule has 0 saturated heterocycles. The number of ether oxygens (including phenoxy) is 1. The Balaban J connectivity index is 2.39. The number of benzene rings is 2. The Kier molecular flexibility index (Phi) is 9.18. The van der Waals surface area contributed by atoms with Crippen LogP contribution in [0.15, 0.2) is 65.8 Å². The number of rotatable bonds is 8. The average Bonchev–Trinajstić information content (AvgIpc) is 2.77. The number of alkyl carbamates (subject to hydrolysis) is 1. The van der Waals surface area contributed by atoms with Crippen LogP contribution in [-0.4, -0.2) is 52.6 Å². The summed E-state index contributed by atoms with van der Waals surface area (Å²) in [5, 5.41) is 17.5. The van der Waals surface area contributed by atoms with Gasteiger partial charge in [-0.05, 0) is 51.5 Å². The van der Waals surface area contributed by atoms with Crippen LogP contribution in [0.2, 0.25) is 0 Å². The molecule has 0 radical (unpaired) electrons. The summed E-state index contributed by atoms with van der Waals surface area (Å²) < 4.78 is 5.26. The molecule has 0 heterocycles. The minimum atomic E-state index is -1.35. The van der Waals surface area contributed by atoms with E-state index in [2.05, 4.69) is 10.4 Å². The molecule has 9 nitrogen and oxygen atoms in total. The number of carboxylic acids is 1. The van der Waals surface area contributed by atoms with Crippen LogP contribution in [-0.2, 0) is 9.53 Å². The number of nitrogens with one attached hydrogen (secondary N) is 1. The maximum absolute atomic E-state index is 13.4. The number of carbonyl (C=O) groups is 3. The van der Waals surface area contributed by atoms with Gasteiger partial charge in [0.05, 0.1) is 17.4 Å². The molecule has 0 bridgehead atoms. The van der Waals surface area contributed by atoms with Crippen molar-refractivity contribution in [3.63, 3.8) is 0 Å². The predicted octanol–water partition coefficient (Wildman–Crippen LogP) is 5.01. The van der Waals surface area contributed by atoms with Crippen LogP contribution < -0.4 is 10.2 Å². The van der Waals surface area contributed by atoms with Gasteiger partial charge in [0.1, 0.15) is 5.60 Å². The minimum absolute atomic E-state index is 0.299. The van der Waals surface area contributed by atoms with Crippen molar-refractivity contribution in [3.8, 4) is 0 Å². The summed E-state index contributed by atoms with van der Waals surface area (Å²) in [7, 11) is 1.38. The molecule has 3 amide bonds. The summed E-state index contributed by atoms with van der Waals surface area (Å²) in [6.07, 6.45) is 0.113. The Bertz CT molecular complexity index is 963. The Hall–Kier alpha value is -3.88. The second kappa shape index (κ2) is 11.8. The van der Waals surface area contributed by atoms with Crippen LogP contribution in [0.25, 0.3) is 0 Å². The van der Waals surface area contributed by atoms with Crippen LogP contribution in [0.1, 0.15) is 40.5 Å². The third-order valence-corrected chi connectivity index (χ3v) is 4.57. The Morgan fingerprint density at radius 3 is 1.91 bits per heavy atom. The van der Waals surface area contributed by atoms with Gasteiger partial charge in [0.25, 0.3) is 0 Å². The van der Waals surface area contributed by atoms with E-state index >= 15 is 0 Å². The fraction of sp³-hybridized carbons (Fsp3) is 0.360. The molecule has 182 valence electrons. The smallest absolute Gasteiger partial charge is 0.408 e. The normalized spacial score (nSPS) is 12.4. The molecule has 0 aliphatic rings. The van der Waals surface area contributed by atoms with E-state index < -0.39 is 29.7 Å². The van der Waals surface area contributed by atoms with Crippen molar-refractivity contribution in [2.45, 2.75) is 52.2 Å². The fourth-order valence-corrected chi connectivity index (χ4v) is 3.15. The van der Waals surface area contributed by atoms with Gasteiger partial charge in [-0.1, -0.05) is 49.7 Å². The topological polar surface area (TPSA) is 112 Å². The number of carbonyl (C=O) groups excluding carboxylic acids is 2. The van der Waals surface area contributed by atoms with Gasteiger partial charge in [0, 0.05) is 7.05 Å². The summed E-state index contributed by atoms with van der Waals surface area (Å²) >= 11 is 0. The highest BCUT2D eigenvalue weighted by Gasteiger charge is 2.29. The first-order valence-corrected chi connectivity index (χ1v) is 11.0. The number of hydrogen-bond acceptors (Lipinski definition) is 5. The molecule has 2 aromatic rings. The third-order valence-electron chi connectivity index (χ3n) is 4.57. The van der Waals surface area contributed by atoms with Crippen LogP contribution >= 0.6 is 0 Å². The standard InChI is InChI=1S/C25H32N4O5/c1-6-13-20(26-23(32)34-25(2,3)4)21(22(30)31)27-28(5)24(33)29(18-14-9-7-10-15-18)19-16-11-8-12-17-19/h7-12,14-17,20H,6,13H2,1-5H3,(H,26,32)(H,30,31)/t20-/m0/s1. The lowest BCUT2D eigenvalue weighted by Crippen LogP contribution is -2.47. The number of para-hydroxylation sites is 2. The number of hydrogen-bond donors (Lipinski definition) is 2. The van der Waals surface area contributed by atoms with Crippen molar-refractivity contribution in [1.29, 1.82) is 0 Å². The highest BCUT2D eigenvalue weighted by Crippen LogP contribution is 2.26. The summed E-state index contributed by atoms with van der Waals surface area (Å²) in [5.74, 6) is -1.35. The van der Waals surface area contributed by atoms with E-state index in [1.807, 2.05) is 19.1 Å². The quantitative estimate of drug-likeness (QED) is 0.418. The lowest BCUT2D eigenvalue weighted by Gasteiger charge is -2.27. The molecule has 9 heteroatoms. The molecular formula is C25H32N4O5. The zero-order valence-corrected chi connectivity index (χ0v) is 20.2. The van der Waals surface area contributed by atoms with Gasteiger partial charge in [-0.15, -0.1) is 0 Å². The van der Waals surface area contributed by atoms with Crippen molar-refractivity contribution < 1.29 is 24.2 Å². The van der Waals surface area contributed by atoms with Gasteiger partial charge in [-0.2, -0.15) is 5.10 Å². The van der Waals surface area contributed by atoms with Crippen molar-refractivity contribution in [2.24, 2.45) is 5.10 Å². The zero-order valence-electron chi connectivity index (χ0n) is 20.2. The van der Waals surface area contributed by atoms with Crippen LogP contribution in [0.3, 0.4) is 0 Å². The van der Waals surface area contributed by atoms with Gasteiger partial charge in [-0.3, -0.25) is 4.90 Å². The van der Waals surface area contributed by atoms with Gasteiger partial charge in [0.2, 0.25) is 0 Å². The molecule has 2 rings (SSSR count). The molecule has 0 aliphatic carbocycles. The number of anilines is 2. The molecular weight excluding hydrogens is 436 g/mol. The van der Waals surface area contributed by atoms with E-state index in [9.17, 15) is 19.5 Å². The van der Waals surface area contributed by atoms with Gasteiger partial charge in [0.15, 0.2) is 5.71 Å². The first kappa shape index (κ1) is 26.4. The molecule has 0 fully saturated rings. The third kappa shape index (κ3) is 7.61. The number of hydrazone groups is 1. The lowest BCUT2D eigenvalue weighted by atomic mass is 10.1. The molecule has 34 heavy (non-hydrogen) atoms. The van der Waals surface area contributed by atoms with Crippen molar-refractivity contribution in [2.75, 3.05) is 11.9 Å². The molecule has 2 N–H and O–H groups in total. The number of amides is 3. The summed E-state index contributed by atoms with van der Waals surface area (Å²) in [4.78, 5) is 39.2. The summed E-state index contributed by atoms with van der Waals surface area (Å²) in [6.45, 7) is 6.98. The zero-order chi connectivity index (χ0) is 25.3. The number of urea groups is 1. The Labute approximate surface area is 200 Å². The van der Waals surface area contributed by atoms with Crippen molar-refractivity contribution in [1.82, 2.24) is 10.3 Å². The average molecular weight is 469 g/mol. The molecule has 0 aromatic heterocycles. The van der Waals surface area contributed by atoms with E-state index in [-0.39, 0.29) is 5.71 Å². The SMILES string of the molecule is CCC[C@H](NC(=O)OC(C)(C)C)C(=NN(C)C(=O)N(c1ccccc1)c1ccccc1)C(=O)O. The van der Waals surface area contributed by atoms with Gasteiger partial charge < -0.3 is 15.2 Å². The van der Waals surface area contributed by atoms with E-state index in [4.69, 9.17) is 4.74 Å². The number of nitrogens with zero attached hydrogens (tertiary/aromatic N) is 3. The molecule has 0 spiro atoms. The first-order chi connectivity index (χ1) is 16.0. The second-order valence-electron chi connectivity index (χ2n) is 8.59. The Morgan fingerprint density at radius 1 is 1.00 bits per heavy atom. The minimum Gasteiger partial charge on any atom is -0.477 e. The van der Waals surface area contributed by atoms with E-state index in [1.165, 1.54) is 11.9 Å². The molecule has 0 saturated carbocycles. The largest absolute Gasteiger partial charge is 0.477 e. The van der Waals surface area contributed by atoms with Crippen LogP contribution in [0, 0.1) is 0 Å². The predicted molar refractivity (Wildman–Crippen MR) is 131 cm³/mol. The fourth-order valence-electron chi connectivity index (χ4n) is 3.15. The maximum Gasteiger partial charge on any atom is 0.408 e. The first-order valence-electron chi connectivity index (χ1n) is 11.0. The van der Waals surface area contributed by atoms with Gasteiger partial charge in [-0.25, -0.2) is 19.4 Å². The molecule has 1 atom stereocenters. The van der Waals surface area contributed by atoms with E-state index in [1.54, 1.807) is 69.3 Å². The van der Waals surface area contributed by atoms with Crippen LogP contribution in [0.5, 0.6) is 0 Å². The van der Waals surface area contributed by atoms with Crippen molar-refractivity contribution >= 4 is 35.2 Å². The number of aliphatic carboxylic acids is 1. The number of carboxylic acid groups (broad SMARTS) is 1. The van der Waals surface area contributed by atoms with Crippen molar-refractivity contribution in [3.05, 3.63) is 60.7 Å². The molecule has 2 aromatic carbocycles. The summed E-state index contributed by atoms with van der Waals surface area (Å²) in [5.41, 5.74) is 0.0638. The van der Waals surface area contributed by atoms with E-state index in [0.29, 0.717) is 24.2 Å². The highest BCUT2D eigenvalue weighted by molar-refractivity contribution is 6.38. The lowest BCUT2D eigenvalue weighted by molar-refractivity contribution is -0.129. The Morgan fingerprint density at radius 2 is 1.50 bits per heavy atom.